The molecule has 0 saturated heterocycles. The van der Waals surface area contributed by atoms with Gasteiger partial charge in [0.15, 0.2) is 0 Å². The molecule has 2 rings (SSSR count). The Morgan fingerprint density at radius 2 is 1.80 bits per heavy atom. The number of halogens is 4. The Hall–Kier alpha value is -1.17. The summed E-state index contributed by atoms with van der Waals surface area (Å²) in [6, 6.07) is 6.65. The number of hydrogen-bond donors (Lipinski definition) is 1. The predicted molar refractivity (Wildman–Crippen MR) is 76.1 cm³/mol. The quantitative estimate of drug-likeness (QED) is 0.872. The first kappa shape index (κ1) is 15.2. The number of hydrogen-bond acceptors (Lipinski definition) is 2. The van der Waals surface area contributed by atoms with Crippen molar-refractivity contribution in [1.82, 2.24) is 0 Å². The molecule has 2 nitrogen and oxygen atoms in total. The van der Waals surface area contributed by atoms with E-state index in [-0.39, 0.29) is 15.1 Å². The maximum atomic E-state index is 13.8. The van der Waals surface area contributed by atoms with E-state index in [1.54, 1.807) is 6.07 Å². The Morgan fingerprint density at radius 1 is 1.20 bits per heavy atom. The highest BCUT2D eigenvalue weighted by Gasteiger charge is 2.22. The molecule has 0 amide bonds. The highest BCUT2D eigenvalue weighted by atomic mass is 79.9. The Labute approximate surface area is 128 Å². The lowest BCUT2D eigenvalue weighted by Gasteiger charge is -2.15. The van der Waals surface area contributed by atoms with E-state index in [0.29, 0.717) is 5.75 Å². The van der Waals surface area contributed by atoms with E-state index >= 15 is 0 Å². The van der Waals surface area contributed by atoms with E-state index in [9.17, 15) is 13.9 Å². The fourth-order valence-corrected chi connectivity index (χ4v) is 2.50. The van der Waals surface area contributed by atoms with Crippen LogP contribution in [-0.4, -0.2) is 12.2 Å². The van der Waals surface area contributed by atoms with Crippen LogP contribution in [-0.2, 0) is 0 Å². The molecular weight excluding hydrogens is 354 g/mol. The maximum absolute atomic E-state index is 13.8. The van der Waals surface area contributed by atoms with E-state index in [0.717, 1.165) is 12.1 Å². The van der Waals surface area contributed by atoms with Crippen LogP contribution in [0.4, 0.5) is 8.78 Å². The van der Waals surface area contributed by atoms with E-state index in [2.05, 4.69) is 15.9 Å². The lowest BCUT2D eigenvalue weighted by molar-refractivity contribution is 0.209. The Morgan fingerprint density at radius 3 is 2.30 bits per heavy atom. The zero-order chi connectivity index (χ0) is 14.9. The molecule has 0 spiro atoms. The van der Waals surface area contributed by atoms with Crippen molar-refractivity contribution >= 4 is 27.5 Å². The summed E-state index contributed by atoms with van der Waals surface area (Å²) in [7, 11) is 1.47. The first-order chi connectivity index (χ1) is 9.43. The van der Waals surface area contributed by atoms with Crippen LogP contribution in [0.5, 0.6) is 5.75 Å². The zero-order valence-corrected chi connectivity index (χ0v) is 12.7. The van der Waals surface area contributed by atoms with Gasteiger partial charge in [0.2, 0.25) is 0 Å². The molecule has 106 valence electrons. The van der Waals surface area contributed by atoms with Crippen LogP contribution < -0.4 is 4.74 Å². The number of aliphatic hydroxyl groups is 1. The van der Waals surface area contributed by atoms with Gasteiger partial charge in [0, 0.05) is 10.0 Å². The van der Waals surface area contributed by atoms with Crippen molar-refractivity contribution in [3.05, 3.63) is 62.6 Å². The molecule has 0 aliphatic carbocycles. The molecular formula is C14H10BrClF2O2. The van der Waals surface area contributed by atoms with Gasteiger partial charge in [-0.3, -0.25) is 0 Å². The van der Waals surface area contributed by atoms with E-state index in [1.165, 1.54) is 19.2 Å². The summed E-state index contributed by atoms with van der Waals surface area (Å²) < 4.78 is 32.9. The molecule has 0 fully saturated rings. The number of methoxy groups -OCH3 is 1. The zero-order valence-electron chi connectivity index (χ0n) is 10.3. The van der Waals surface area contributed by atoms with Gasteiger partial charge in [-0.25, -0.2) is 8.78 Å². The standard InChI is InChI=1S/C14H10BrClF2O2/c1-20-8-2-3-9(10(16)6-8)14(19)13-11(17)4-7(15)5-12(13)18/h2-6,14,19H,1H3. The van der Waals surface area contributed by atoms with Gasteiger partial charge < -0.3 is 9.84 Å². The number of rotatable bonds is 3. The van der Waals surface area contributed by atoms with Gasteiger partial charge in [-0.1, -0.05) is 33.6 Å². The first-order valence-electron chi connectivity index (χ1n) is 5.60. The normalized spacial score (nSPS) is 12.3. The number of benzene rings is 2. The van der Waals surface area contributed by atoms with Crippen molar-refractivity contribution in [2.45, 2.75) is 6.10 Å². The fourth-order valence-electron chi connectivity index (χ4n) is 1.83. The van der Waals surface area contributed by atoms with Crippen molar-refractivity contribution in [1.29, 1.82) is 0 Å². The van der Waals surface area contributed by atoms with Gasteiger partial charge in [0.05, 0.1) is 17.7 Å². The number of aliphatic hydroxyl groups excluding tert-OH is 1. The minimum absolute atomic E-state index is 0.165. The van der Waals surface area contributed by atoms with Crippen molar-refractivity contribution in [3.63, 3.8) is 0 Å². The minimum Gasteiger partial charge on any atom is -0.497 e. The van der Waals surface area contributed by atoms with Gasteiger partial charge >= 0.3 is 0 Å². The molecule has 0 saturated carbocycles. The van der Waals surface area contributed by atoms with E-state index in [4.69, 9.17) is 16.3 Å². The molecule has 1 N–H and O–H groups in total. The van der Waals surface area contributed by atoms with Gasteiger partial charge in [-0.05, 0) is 24.3 Å². The first-order valence-corrected chi connectivity index (χ1v) is 6.77. The Kier molecular flexibility index (Phi) is 4.62. The van der Waals surface area contributed by atoms with Crippen LogP contribution >= 0.6 is 27.5 Å². The highest BCUT2D eigenvalue weighted by Crippen LogP contribution is 2.34. The second-order valence-electron chi connectivity index (χ2n) is 4.07. The van der Waals surface area contributed by atoms with Crippen LogP contribution in [0, 0.1) is 11.6 Å². The average molecular weight is 364 g/mol. The molecule has 0 heterocycles. The second kappa shape index (κ2) is 6.08. The molecule has 0 aliphatic heterocycles. The predicted octanol–water partition coefficient (Wildman–Crippen LogP) is 4.47. The third-order valence-corrected chi connectivity index (χ3v) is 3.60. The molecule has 1 unspecified atom stereocenters. The molecule has 0 bridgehead atoms. The molecule has 20 heavy (non-hydrogen) atoms. The van der Waals surface area contributed by atoms with E-state index in [1.807, 2.05) is 0 Å². The molecule has 0 radical (unpaired) electrons. The van der Waals surface area contributed by atoms with E-state index < -0.39 is 23.3 Å². The third kappa shape index (κ3) is 2.95. The maximum Gasteiger partial charge on any atom is 0.133 e. The highest BCUT2D eigenvalue weighted by molar-refractivity contribution is 9.10. The van der Waals surface area contributed by atoms with Crippen molar-refractivity contribution < 1.29 is 18.6 Å². The SMILES string of the molecule is COc1ccc(C(O)c2c(F)cc(Br)cc2F)c(Cl)c1. The van der Waals surface area contributed by atoms with Gasteiger partial charge in [0.25, 0.3) is 0 Å². The molecule has 2 aromatic carbocycles. The molecule has 2 aromatic rings. The van der Waals surface area contributed by atoms with Crippen molar-refractivity contribution in [2.24, 2.45) is 0 Å². The summed E-state index contributed by atoms with van der Waals surface area (Å²) in [4.78, 5) is 0. The number of ether oxygens (including phenoxy) is 1. The summed E-state index contributed by atoms with van der Waals surface area (Å²) in [6.45, 7) is 0. The van der Waals surface area contributed by atoms with Crippen molar-refractivity contribution in [2.75, 3.05) is 7.11 Å². The van der Waals surface area contributed by atoms with Gasteiger partial charge in [0.1, 0.15) is 23.5 Å². The van der Waals surface area contributed by atoms with Crippen LogP contribution in [0.25, 0.3) is 0 Å². The molecule has 6 heteroatoms. The van der Waals surface area contributed by atoms with Crippen molar-refractivity contribution in [3.8, 4) is 5.75 Å². The van der Waals surface area contributed by atoms with Crippen LogP contribution in [0.3, 0.4) is 0 Å². The Bertz CT molecular complexity index is 626. The summed E-state index contributed by atoms with van der Waals surface area (Å²) in [6.07, 6.45) is -1.50. The molecule has 0 aromatic heterocycles. The average Bonchev–Trinajstić information content (AvgIpc) is 2.37. The minimum atomic E-state index is -1.50. The summed E-state index contributed by atoms with van der Waals surface area (Å²) in [5.74, 6) is -1.21. The topological polar surface area (TPSA) is 29.5 Å². The third-order valence-electron chi connectivity index (χ3n) is 2.82. The molecule has 0 aliphatic rings. The monoisotopic (exact) mass is 362 g/mol. The van der Waals surface area contributed by atoms with Gasteiger partial charge in [-0.2, -0.15) is 0 Å². The lowest BCUT2D eigenvalue weighted by Crippen LogP contribution is -2.06. The lowest BCUT2D eigenvalue weighted by atomic mass is 10.0. The second-order valence-corrected chi connectivity index (χ2v) is 5.40. The largest absolute Gasteiger partial charge is 0.497 e. The molecule has 1 atom stereocenters. The Balaban J connectivity index is 2.49. The van der Waals surface area contributed by atoms with Crippen LogP contribution in [0.15, 0.2) is 34.8 Å². The summed E-state index contributed by atoms with van der Waals surface area (Å²) in [5, 5.41) is 10.3. The smallest absolute Gasteiger partial charge is 0.133 e. The summed E-state index contributed by atoms with van der Waals surface area (Å²) in [5.41, 5.74) is -0.243. The summed E-state index contributed by atoms with van der Waals surface area (Å²) >= 11 is 8.98. The van der Waals surface area contributed by atoms with Crippen LogP contribution in [0.2, 0.25) is 5.02 Å². The van der Waals surface area contributed by atoms with Crippen LogP contribution in [0.1, 0.15) is 17.2 Å². The van der Waals surface area contributed by atoms with Gasteiger partial charge in [-0.15, -0.1) is 0 Å². The fraction of sp³-hybridized carbons (Fsp3) is 0.143.